The lowest BCUT2D eigenvalue weighted by atomic mass is 9.99. The SMILES string of the molecule is O=C(c1ccccc1)N1CCCCC1c1nc2cc(Cl)ccc2c(=O)n1Cc1ccccc1. The zero-order valence-corrected chi connectivity index (χ0v) is 18.9. The summed E-state index contributed by atoms with van der Waals surface area (Å²) in [6.07, 6.45) is 2.65. The Morgan fingerprint density at radius 1 is 0.970 bits per heavy atom. The predicted molar refractivity (Wildman–Crippen MR) is 131 cm³/mol. The summed E-state index contributed by atoms with van der Waals surface area (Å²) < 4.78 is 1.73. The lowest BCUT2D eigenvalue weighted by Gasteiger charge is -2.36. The van der Waals surface area contributed by atoms with E-state index in [0.717, 1.165) is 24.8 Å². The quantitative estimate of drug-likeness (QED) is 0.408. The number of nitrogens with zero attached hydrogens (tertiary/aromatic N) is 3. The van der Waals surface area contributed by atoms with Gasteiger partial charge in [0.25, 0.3) is 11.5 Å². The number of piperidine rings is 1. The summed E-state index contributed by atoms with van der Waals surface area (Å²) in [7, 11) is 0. The molecule has 5 rings (SSSR count). The van der Waals surface area contributed by atoms with E-state index in [9.17, 15) is 9.59 Å². The van der Waals surface area contributed by atoms with E-state index >= 15 is 0 Å². The summed E-state index contributed by atoms with van der Waals surface area (Å²) in [4.78, 5) is 33.9. The van der Waals surface area contributed by atoms with Crippen LogP contribution in [-0.4, -0.2) is 26.9 Å². The van der Waals surface area contributed by atoms with Gasteiger partial charge in [0, 0.05) is 17.1 Å². The normalized spacial score (nSPS) is 16.2. The summed E-state index contributed by atoms with van der Waals surface area (Å²) in [5.41, 5.74) is 2.09. The van der Waals surface area contributed by atoms with Gasteiger partial charge in [0.15, 0.2) is 0 Å². The Bertz CT molecular complexity index is 1350. The largest absolute Gasteiger partial charge is 0.328 e. The van der Waals surface area contributed by atoms with Crippen LogP contribution in [0.1, 0.15) is 47.1 Å². The predicted octanol–water partition coefficient (Wildman–Crippen LogP) is 5.47. The number of halogens is 1. The van der Waals surface area contributed by atoms with E-state index in [2.05, 4.69) is 0 Å². The molecule has 3 aromatic carbocycles. The smallest absolute Gasteiger partial charge is 0.261 e. The Morgan fingerprint density at radius 3 is 2.45 bits per heavy atom. The molecule has 6 heteroatoms. The maximum absolute atomic E-state index is 13.6. The number of fused-ring (bicyclic) bond motifs is 1. The number of likely N-dealkylation sites (tertiary alicyclic amines) is 1. The van der Waals surface area contributed by atoms with Crippen molar-refractivity contribution in [3.05, 3.63) is 111 Å². The summed E-state index contributed by atoms with van der Waals surface area (Å²) in [5, 5.41) is 1.05. The molecule has 166 valence electrons. The molecule has 33 heavy (non-hydrogen) atoms. The first-order valence-electron chi connectivity index (χ1n) is 11.2. The molecule has 2 heterocycles. The van der Waals surface area contributed by atoms with Crippen LogP contribution in [0.3, 0.4) is 0 Å². The number of rotatable bonds is 4. The molecule has 0 N–H and O–H groups in total. The van der Waals surface area contributed by atoms with E-state index in [-0.39, 0.29) is 17.5 Å². The van der Waals surface area contributed by atoms with Crippen molar-refractivity contribution in [2.24, 2.45) is 0 Å². The highest BCUT2D eigenvalue weighted by molar-refractivity contribution is 6.31. The van der Waals surface area contributed by atoms with Crippen molar-refractivity contribution >= 4 is 28.4 Å². The fourth-order valence-corrected chi connectivity index (χ4v) is 4.74. The maximum atomic E-state index is 13.6. The maximum Gasteiger partial charge on any atom is 0.261 e. The molecule has 1 aromatic heterocycles. The summed E-state index contributed by atoms with van der Waals surface area (Å²) in [6.45, 7) is 1.03. The van der Waals surface area contributed by atoms with E-state index in [4.69, 9.17) is 16.6 Å². The average molecular weight is 458 g/mol. The zero-order valence-electron chi connectivity index (χ0n) is 18.2. The van der Waals surface area contributed by atoms with Gasteiger partial charge in [0.1, 0.15) is 5.82 Å². The van der Waals surface area contributed by atoms with Crippen molar-refractivity contribution in [2.75, 3.05) is 6.54 Å². The van der Waals surface area contributed by atoms with Gasteiger partial charge in [0.2, 0.25) is 0 Å². The summed E-state index contributed by atoms with van der Waals surface area (Å²) >= 11 is 6.22. The monoisotopic (exact) mass is 457 g/mol. The highest BCUT2D eigenvalue weighted by Gasteiger charge is 2.32. The van der Waals surface area contributed by atoms with E-state index in [1.807, 2.05) is 65.6 Å². The van der Waals surface area contributed by atoms with Crippen LogP contribution in [0.15, 0.2) is 83.7 Å². The van der Waals surface area contributed by atoms with E-state index < -0.39 is 0 Å². The zero-order chi connectivity index (χ0) is 22.8. The molecule has 4 aromatic rings. The molecule has 0 saturated carbocycles. The molecule has 1 saturated heterocycles. The molecule has 1 amide bonds. The van der Waals surface area contributed by atoms with Crippen LogP contribution in [0.2, 0.25) is 5.02 Å². The highest BCUT2D eigenvalue weighted by Crippen LogP contribution is 2.32. The van der Waals surface area contributed by atoms with Crippen LogP contribution in [0.25, 0.3) is 10.9 Å². The Hall–Kier alpha value is -3.44. The van der Waals surface area contributed by atoms with Gasteiger partial charge < -0.3 is 4.90 Å². The van der Waals surface area contributed by atoms with Crippen LogP contribution in [0, 0.1) is 0 Å². The second kappa shape index (κ2) is 9.20. The third-order valence-corrected chi connectivity index (χ3v) is 6.45. The second-order valence-corrected chi connectivity index (χ2v) is 8.82. The Morgan fingerprint density at radius 2 is 1.70 bits per heavy atom. The van der Waals surface area contributed by atoms with Crippen LogP contribution in [-0.2, 0) is 6.54 Å². The van der Waals surface area contributed by atoms with Gasteiger partial charge >= 0.3 is 0 Å². The van der Waals surface area contributed by atoms with Crippen molar-refractivity contribution in [1.82, 2.24) is 14.5 Å². The molecule has 1 atom stereocenters. The van der Waals surface area contributed by atoms with Gasteiger partial charge in [-0.05, 0) is 55.2 Å². The third-order valence-electron chi connectivity index (χ3n) is 6.21. The fraction of sp³-hybridized carbons (Fsp3) is 0.222. The number of carbonyl (C=O) groups is 1. The first-order chi connectivity index (χ1) is 16.1. The summed E-state index contributed by atoms with van der Waals surface area (Å²) in [6, 6.07) is 24.0. The van der Waals surface area contributed by atoms with Crippen LogP contribution >= 0.6 is 11.6 Å². The average Bonchev–Trinajstić information content (AvgIpc) is 2.86. The van der Waals surface area contributed by atoms with Gasteiger partial charge in [-0.25, -0.2) is 4.98 Å². The van der Waals surface area contributed by atoms with Crippen molar-refractivity contribution < 1.29 is 4.79 Å². The van der Waals surface area contributed by atoms with Crippen LogP contribution in [0.5, 0.6) is 0 Å². The van der Waals surface area contributed by atoms with Crippen molar-refractivity contribution in [2.45, 2.75) is 31.8 Å². The van der Waals surface area contributed by atoms with Crippen molar-refractivity contribution in [3.63, 3.8) is 0 Å². The van der Waals surface area contributed by atoms with Crippen molar-refractivity contribution in [3.8, 4) is 0 Å². The van der Waals surface area contributed by atoms with E-state index in [1.54, 1.807) is 22.8 Å². The van der Waals surface area contributed by atoms with Gasteiger partial charge in [-0.2, -0.15) is 0 Å². The van der Waals surface area contributed by atoms with Crippen molar-refractivity contribution in [1.29, 1.82) is 0 Å². The van der Waals surface area contributed by atoms with Gasteiger partial charge in [0.05, 0.1) is 23.5 Å². The second-order valence-electron chi connectivity index (χ2n) is 8.38. The number of carbonyl (C=O) groups excluding carboxylic acids is 1. The molecular weight excluding hydrogens is 434 g/mol. The van der Waals surface area contributed by atoms with Crippen LogP contribution in [0.4, 0.5) is 0 Å². The number of amides is 1. The Labute approximate surface area is 197 Å². The molecule has 1 aliphatic heterocycles. The molecule has 0 bridgehead atoms. The number of benzene rings is 3. The minimum Gasteiger partial charge on any atom is -0.328 e. The molecule has 1 fully saturated rings. The van der Waals surface area contributed by atoms with Crippen LogP contribution < -0.4 is 5.56 Å². The third kappa shape index (κ3) is 4.29. The minimum absolute atomic E-state index is 0.0352. The lowest BCUT2D eigenvalue weighted by Crippen LogP contribution is -2.41. The van der Waals surface area contributed by atoms with E-state index in [1.165, 1.54) is 0 Å². The molecule has 1 aliphatic rings. The topological polar surface area (TPSA) is 55.2 Å². The number of aromatic nitrogens is 2. The van der Waals surface area contributed by atoms with E-state index in [0.29, 0.717) is 40.4 Å². The summed E-state index contributed by atoms with van der Waals surface area (Å²) in [5.74, 6) is 0.578. The molecule has 5 nitrogen and oxygen atoms in total. The Kier molecular flexibility index (Phi) is 5.97. The molecule has 0 aliphatic carbocycles. The van der Waals surface area contributed by atoms with Gasteiger partial charge in [-0.1, -0.05) is 60.1 Å². The Balaban J connectivity index is 1.66. The van der Waals surface area contributed by atoms with Gasteiger partial charge in [-0.15, -0.1) is 0 Å². The minimum atomic E-state index is -0.286. The fourth-order valence-electron chi connectivity index (χ4n) is 4.57. The first-order valence-corrected chi connectivity index (χ1v) is 11.6. The standard InChI is InChI=1S/C27H24ClN3O2/c28-21-14-15-22-23(17-21)29-25(31(27(22)33)18-19-9-3-1-4-10-19)24-13-7-8-16-30(24)26(32)20-11-5-2-6-12-20/h1-6,9-12,14-15,17,24H,7-8,13,16,18H2. The molecule has 0 radical (unpaired) electrons. The lowest BCUT2D eigenvalue weighted by molar-refractivity contribution is 0.0594. The number of hydrogen-bond donors (Lipinski definition) is 0. The molecule has 0 spiro atoms. The highest BCUT2D eigenvalue weighted by atomic mass is 35.5. The molecular formula is C27H24ClN3O2. The number of hydrogen-bond acceptors (Lipinski definition) is 3. The van der Waals surface area contributed by atoms with Gasteiger partial charge in [-0.3, -0.25) is 14.2 Å². The molecule has 1 unspecified atom stereocenters. The first kappa shape index (κ1) is 21.4.